The molecule has 0 fully saturated rings. The lowest BCUT2D eigenvalue weighted by molar-refractivity contribution is 0.0951. The van der Waals surface area contributed by atoms with Crippen molar-refractivity contribution in [3.63, 3.8) is 0 Å². The van der Waals surface area contributed by atoms with Gasteiger partial charge >= 0.3 is 0 Å². The molecule has 0 aliphatic rings. The van der Waals surface area contributed by atoms with Crippen molar-refractivity contribution in [1.29, 1.82) is 0 Å². The van der Waals surface area contributed by atoms with Crippen LogP contribution in [-0.2, 0) is 26.7 Å². The first kappa shape index (κ1) is 21.5. The number of phenolic OH excluding ortho intramolecular Hbond substituents is 2. The molecule has 1 amide bonds. The summed E-state index contributed by atoms with van der Waals surface area (Å²) in [5, 5.41) is 26.5. The molecule has 4 N–H and O–H groups in total. The van der Waals surface area contributed by atoms with E-state index in [1.165, 1.54) is 11.6 Å². The standard InChI is InChI=1S/C26H27N3O3/c1-17-3-5-18(6-4-17)14-28-26(32)20-8-9-23-22(12-20)21(16-29(23)2)15-27-13-19-7-10-24(30)25(31)11-19/h3-12,16,27,30-31H,13-15H2,1-2H3,(H,28,32). The summed E-state index contributed by atoms with van der Waals surface area (Å²) in [6, 6.07) is 18.7. The van der Waals surface area contributed by atoms with Gasteiger partial charge in [-0.25, -0.2) is 0 Å². The van der Waals surface area contributed by atoms with E-state index in [1.807, 2.05) is 61.0 Å². The number of rotatable bonds is 7. The fourth-order valence-electron chi connectivity index (χ4n) is 3.77. The van der Waals surface area contributed by atoms with Crippen LogP contribution in [0.5, 0.6) is 11.5 Å². The van der Waals surface area contributed by atoms with E-state index in [0.717, 1.165) is 27.6 Å². The first-order valence-electron chi connectivity index (χ1n) is 10.5. The maximum absolute atomic E-state index is 12.7. The van der Waals surface area contributed by atoms with Gasteiger partial charge in [-0.3, -0.25) is 4.79 Å². The third-order valence-electron chi connectivity index (χ3n) is 5.59. The van der Waals surface area contributed by atoms with Crippen molar-refractivity contribution in [3.05, 3.63) is 94.7 Å². The molecular formula is C26H27N3O3. The number of fused-ring (bicyclic) bond motifs is 1. The highest BCUT2D eigenvalue weighted by Gasteiger charge is 2.12. The predicted octanol–water partition coefficient (Wildman–Crippen LogP) is 4.12. The normalized spacial score (nSPS) is 11.1. The van der Waals surface area contributed by atoms with Crippen LogP contribution in [0.25, 0.3) is 10.9 Å². The zero-order chi connectivity index (χ0) is 22.7. The van der Waals surface area contributed by atoms with E-state index in [-0.39, 0.29) is 17.4 Å². The van der Waals surface area contributed by atoms with Gasteiger partial charge < -0.3 is 25.4 Å². The summed E-state index contributed by atoms with van der Waals surface area (Å²) in [5.74, 6) is -0.360. The van der Waals surface area contributed by atoms with Crippen LogP contribution in [0.2, 0.25) is 0 Å². The van der Waals surface area contributed by atoms with Crippen LogP contribution in [0, 0.1) is 6.92 Å². The van der Waals surface area contributed by atoms with Gasteiger partial charge in [-0.1, -0.05) is 35.9 Å². The summed E-state index contributed by atoms with van der Waals surface area (Å²) in [6.45, 7) is 3.67. The Morgan fingerprint density at radius 3 is 2.38 bits per heavy atom. The smallest absolute Gasteiger partial charge is 0.251 e. The number of nitrogens with zero attached hydrogens (tertiary/aromatic N) is 1. The van der Waals surface area contributed by atoms with Gasteiger partial charge in [0.25, 0.3) is 5.91 Å². The molecule has 0 unspecified atom stereocenters. The third kappa shape index (κ3) is 4.76. The molecule has 4 rings (SSSR count). The van der Waals surface area contributed by atoms with Crippen LogP contribution in [0.4, 0.5) is 0 Å². The molecule has 6 nitrogen and oxygen atoms in total. The molecule has 0 aliphatic carbocycles. The van der Waals surface area contributed by atoms with E-state index < -0.39 is 0 Å². The number of hydrogen-bond donors (Lipinski definition) is 4. The predicted molar refractivity (Wildman–Crippen MR) is 126 cm³/mol. The van der Waals surface area contributed by atoms with E-state index in [0.29, 0.717) is 25.2 Å². The topological polar surface area (TPSA) is 86.5 Å². The van der Waals surface area contributed by atoms with Crippen molar-refractivity contribution in [2.75, 3.05) is 0 Å². The molecule has 0 aliphatic heterocycles. The molecule has 0 saturated carbocycles. The first-order chi connectivity index (χ1) is 15.4. The van der Waals surface area contributed by atoms with Crippen molar-refractivity contribution in [2.45, 2.75) is 26.6 Å². The molecule has 1 heterocycles. The molecule has 0 radical (unpaired) electrons. The van der Waals surface area contributed by atoms with Crippen molar-refractivity contribution in [3.8, 4) is 11.5 Å². The lowest BCUT2D eigenvalue weighted by atomic mass is 10.1. The van der Waals surface area contributed by atoms with Gasteiger partial charge in [0.2, 0.25) is 0 Å². The lowest BCUT2D eigenvalue weighted by Crippen LogP contribution is -2.22. The van der Waals surface area contributed by atoms with Crippen LogP contribution < -0.4 is 10.6 Å². The monoisotopic (exact) mass is 429 g/mol. The molecule has 32 heavy (non-hydrogen) atoms. The van der Waals surface area contributed by atoms with Gasteiger partial charge in [-0.05, 0) is 53.9 Å². The summed E-state index contributed by atoms with van der Waals surface area (Å²) in [7, 11) is 1.99. The minimum absolute atomic E-state index is 0.102. The molecule has 0 saturated heterocycles. The van der Waals surface area contributed by atoms with Gasteiger partial charge in [0.05, 0.1) is 0 Å². The highest BCUT2D eigenvalue weighted by atomic mass is 16.3. The van der Waals surface area contributed by atoms with Crippen molar-refractivity contribution >= 4 is 16.8 Å². The lowest BCUT2D eigenvalue weighted by Gasteiger charge is -2.08. The van der Waals surface area contributed by atoms with Crippen molar-refractivity contribution in [2.24, 2.45) is 7.05 Å². The summed E-state index contributed by atoms with van der Waals surface area (Å²) in [4.78, 5) is 12.7. The largest absolute Gasteiger partial charge is 0.504 e. The average molecular weight is 430 g/mol. The van der Waals surface area contributed by atoms with Crippen LogP contribution in [0.3, 0.4) is 0 Å². The van der Waals surface area contributed by atoms with Crippen LogP contribution in [0.15, 0.2) is 66.9 Å². The highest BCUT2D eigenvalue weighted by Crippen LogP contribution is 2.25. The van der Waals surface area contributed by atoms with Gasteiger partial charge in [0.15, 0.2) is 11.5 Å². The zero-order valence-electron chi connectivity index (χ0n) is 18.2. The minimum atomic E-state index is -0.129. The second-order valence-corrected chi connectivity index (χ2v) is 8.09. The summed E-state index contributed by atoms with van der Waals surface area (Å²) in [5.41, 5.74) is 5.89. The first-order valence-corrected chi connectivity index (χ1v) is 10.5. The van der Waals surface area contributed by atoms with Gasteiger partial charge in [0, 0.05) is 49.3 Å². The molecule has 6 heteroatoms. The number of hydrogen-bond acceptors (Lipinski definition) is 4. The molecule has 0 bridgehead atoms. The fourth-order valence-corrected chi connectivity index (χ4v) is 3.77. The number of carbonyl (C=O) groups is 1. The maximum atomic E-state index is 12.7. The zero-order valence-corrected chi connectivity index (χ0v) is 18.2. The van der Waals surface area contributed by atoms with Crippen molar-refractivity contribution < 1.29 is 15.0 Å². The molecule has 0 atom stereocenters. The SMILES string of the molecule is Cc1ccc(CNC(=O)c2ccc3c(c2)c(CNCc2ccc(O)c(O)c2)cn3C)cc1. The van der Waals surface area contributed by atoms with Gasteiger partial charge in [-0.2, -0.15) is 0 Å². The third-order valence-corrected chi connectivity index (χ3v) is 5.59. The summed E-state index contributed by atoms with van der Waals surface area (Å²) < 4.78 is 2.05. The van der Waals surface area contributed by atoms with Crippen LogP contribution >= 0.6 is 0 Å². The number of phenols is 2. The molecular weight excluding hydrogens is 402 g/mol. The highest BCUT2D eigenvalue weighted by molar-refractivity contribution is 5.99. The Labute approximate surface area is 187 Å². The van der Waals surface area contributed by atoms with E-state index in [4.69, 9.17) is 0 Å². The Hall–Kier alpha value is -3.77. The summed E-state index contributed by atoms with van der Waals surface area (Å²) >= 11 is 0. The Bertz CT molecular complexity index is 1260. The summed E-state index contributed by atoms with van der Waals surface area (Å²) in [6.07, 6.45) is 2.06. The average Bonchev–Trinajstić information content (AvgIpc) is 3.10. The number of carbonyl (C=O) groups excluding carboxylic acids is 1. The minimum Gasteiger partial charge on any atom is -0.504 e. The Kier molecular flexibility index (Phi) is 6.14. The van der Waals surface area contributed by atoms with Crippen molar-refractivity contribution in [1.82, 2.24) is 15.2 Å². The van der Waals surface area contributed by atoms with Crippen LogP contribution in [0.1, 0.15) is 32.6 Å². The number of aryl methyl sites for hydroxylation is 2. The van der Waals surface area contributed by atoms with Crippen LogP contribution in [-0.4, -0.2) is 20.7 Å². The molecule has 3 aromatic carbocycles. The number of aromatic nitrogens is 1. The van der Waals surface area contributed by atoms with E-state index in [1.54, 1.807) is 12.1 Å². The molecule has 0 spiro atoms. The fraction of sp³-hybridized carbons (Fsp3) is 0.192. The second-order valence-electron chi connectivity index (χ2n) is 8.09. The quantitative estimate of drug-likeness (QED) is 0.333. The number of nitrogens with one attached hydrogen (secondary N) is 2. The number of aromatic hydroxyl groups is 2. The number of amides is 1. The Morgan fingerprint density at radius 2 is 1.62 bits per heavy atom. The maximum Gasteiger partial charge on any atom is 0.251 e. The molecule has 1 aromatic heterocycles. The van der Waals surface area contributed by atoms with E-state index in [2.05, 4.69) is 16.8 Å². The Balaban J connectivity index is 1.45. The molecule has 164 valence electrons. The number of benzene rings is 3. The van der Waals surface area contributed by atoms with Gasteiger partial charge in [0.1, 0.15) is 0 Å². The molecule has 4 aromatic rings. The van der Waals surface area contributed by atoms with E-state index >= 15 is 0 Å². The Morgan fingerprint density at radius 1 is 0.875 bits per heavy atom. The second kappa shape index (κ2) is 9.16. The van der Waals surface area contributed by atoms with Gasteiger partial charge in [-0.15, -0.1) is 0 Å². The van der Waals surface area contributed by atoms with E-state index in [9.17, 15) is 15.0 Å².